The summed E-state index contributed by atoms with van der Waals surface area (Å²) >= 11 is 0. The van der Waals surface area contributed by atoms with E-state index in [-0.39, 0.29) is 55.9 Å². The molecule has 0 atom stereocenters. The van der Waals surface area contributed by atoms with E-state index < -0.39 is 11.8 Å². The second kappa shape index (κ2) is 15.7. The van der Waals surface area contributed by atoms with Crippen LogP contribution in [0, 0.1) is 5.92 Å². The molecular weight excluding hydrogens is 428 g/mol. The summed E-state index contributed by atoms with van der Waals surface area (Å²) in [6.45, 7) is 6.53. The average Bonchev–Trinajstić information content (AvgIpc) is 2.70. The molecule has 0 aromatic heterocycles. The summed E-state index contributed by atoms with van der Waals surface area (Å²) < 4.78 is 10.4. The number of carbonyl (C=O) groups excluding carboxylic acids is 5. The molecule has 0 radical (unpaired) electrons. The maximum atomic E-state index is 12.0. The third-order valence-electron chi connectivity index (χ3n) is 4.25. The summed E-state index contributed by atoms with van der Waals surface area (Å²) in [5.41, 5.74) is 1.25. The van der Waals surface area contributed by atoms with E-state index in [0.29, 0.717) is 31.7 Å². The van der Waals surface area contributed by atoms with Gasteiger partial charge in [0.05, 0.1) is 19.6 Å². The number of hydrogen-bond acceptors (Lipinski definition) is 7. The minimum atomic E-state index is -0.461. The van der Waals surface area contributed by atoms with Crippen LogP contribution in [0.1, 0.15) is 52.0 Å². The molecule has 9 nitrogen and oxygen atoms in total. The van der Waals surface area contributed by atoms with E-state index in [4.69, 9.17) is 9.47 Å². The van der Waals surface area contributed by atoms with Gasteiger partial charge in [0.2, 0.25) is 11.8 Å². The summed E-state index contributed by atoms with van der Waals surface area (Å²) in [5.74, 6) is -1.17. The van der Waals surface area contributed by atoms with Crippen molar-refractivity contribution in [1.29, 1.82) is 0 Å². The van der Waals surface area contributed by atoms with E-state index in [9.17, 15) is 24.0 Å². The summed E-state index contributed by atoms with van der Waals surface area (Å²) in [6, 6.07) is 6.66. The van der Waals surface area contributed by atoms with Gasteiger partial charge >= 0.3 is 5.97 Å². The molecule has 182 valence electrons. The molecule has 0 spiro atoms. The molecule has 2 N–H and O–H groups in total. The highest BCUT2D eigenvalue weighted by molar-refractivity contribution is 6.03. The maximum absolute atomic E-state index is 12.0. The first-order valence-corrected chi connectivity index (χ1v) is 11.1. The number of nitrogens with one attached hydrogen (secondary N) is 2. The molecule has 0 aliphatic carbocycles. The van der Waals surface area contributed by atoms with E-state index in [0.717, 1.165) is 5.56 Å². The summed E-state index contributed by atoms with van der Waals surface area (Å²) in [4.78, 5) is 57.9. The largest absolute Gasteiger partial charge is 0.466 e. The van der Waals surface area contributed by atoms with Gasteiger partial charge in [-0.2, -0.15) is 0 Å². The number of ketones is 2. The summed E-state index contributed by atoms with van der Waals surface area (Å²) in [6.07, 6.45) is 0.706. The fourth-order valence-electron chi connectivity index (χ4n) is 2.79. The van der Waals surface area contributed by atoms with E-state index >= 15 is 0 Å². The van der Waals surface area contributed by atoms with Crippen molar-refractivity contribution < 1.29 is 33.4 Å². The number of carbonyl (C=O) groups is 5. The van der Waals surface area contributed by atoms with E-state index in [2.05, 4.69) is 10.6 Å². The molecule has 0 aliphatic heterocycles. The molecular formula is C24H34N2O7. The first-order chi connectivity index (χ1) is 15.7. The van der Waals surface area contributed by atoms with Crippen molar-refractivity contribution in [2.45, 2.75) is 52.9 Å². The third-order valence-corrected chi connectivity index (χ3v) is 4.25. The van der Waals surface area contributed by atoms with Crippen molar-refractivity contribution in [3.8, 4) is 0 Å². The minimum absolute atomic E-state index is 0.0908. The zero-order chi connectivity index (χ0) is 24.6. The van der Waals surface area contributed by atoms with Crippen LogP contribution in [0.4, 0.5) is 5.69 Å². The molecule has 1 aromatic carbocycles. The third kappa shape index (κ3) is 14.6. The van der Waals surface area contributed by atoms with Gasteiger partial charge in [-0.15, -0.1) is 0 Å². The van der Waals surface area contributed by atoms with E-state index in [1.807, 2.05) is 13.8 Å². The van der Waals surface area contributed by atoms with Gasteiger partial charge in [0.15, 0.2) is 0 Å². The molecule has 0 fully saturated rings. The Morgan fingerprint density at radius 1 is 0.909 bits per heavy atom. The van der Waals surface area contributed by atoms with Crippen LogP contribution >= 0.6 is 0 Å². The monoisotopic (exact) mass is 462 g/mol. The molecule has 0 saturated heterocycles. The predicted octanol–water partition coefficient (Wildman–Crippen LogP) is 2.22. The average molecular weight is 463 g/mol. The summed E-state index contributed by atoms with van der Waals surface area (Å²) in [5, 5.41) is 5.22. The highest BCUT2D eigenvalue weighted by Crippen LogP contribution is 2.11. The maximum Gasteiger partial charge on any atom is 0.306 e. The van der Waals surface area contributed by atoms with Gasteiger partial charge in [0, 0.05) is 38.1 Å². The van der Waals surface area contributed by atoms with Crippen molar-refractivity contribution in [2.75, 3.05) is 31.7 Å². The van der Waals surface area contributed by atoms with Crippen LogP contribution in [0.2, 0.25) is 0 Å². The van der Waals surface area contributed by atoms with Crippen molar-refractivity contribution in [3.63, 3.8) is 0 Å². The number of anilines is 1. The van der Waals surface area contributed by atoms with Gasteiger partial charge < -0.3 is 20.1 Å². The Hall–Kier alpha value is -3.07. The van der Waals surface area contributed by atoms with Gasteiger partial charge in [-0.05, 0) is 30.5 Å². The SMILES string of the molecule is CC(=O)CC(=O)Cc1ccc(NC(=O)CC(=O)NCCOCCCOC(=O)CC(C)C)cc1. The number of rotatable bonds is 16. The molecule has 0 heterocycles. The highest BCUT2D eigenvalue weighted by Gasteiger charge is 2.11. The van der Waals surface area contributed by atoms with Crippen LogP contribution in [0.15, 0.2) is 24.3 Å². The highest BCUT2D eigenvalue weighted by atomic mass is 16.5. The van der Waals surface area contributed by atoms with Crippen molar-refractivity contribution >= 4 is 35.0 Å². The van der Waals surface area contributed by atoms with Crippen molar-refractivity contribution in [1.82, 2.24) is 5.32 Å². The lowest BCUT2D eigenvalue weighted by molar-refractivity contribution is -0.145. The molecule has 9 heteroatoms. The molecule has 0 aliphatic rings. The standard InChI is InChI=1S/C24H34N2O7/c1-17(2)13-24(31)33-11-4-10-32-12-9-25-22(29)16-23(30)26-20-7-5-19(6-8-20)15-21(28)14-18(3)27/h5-8,17H,4,9-16H2,1-3H3,(H,25,29)(H,26,30). The van der Waals surface area contributed by atoms with Gasteiger partial charge in [-0.25, -0.2) is 0 Å². The van der Waals surface area contributed by atoms with Gasteiger partial charge in [-0.3, -0.25) is 24.0 Å². The van der Waals surface area contributed by atoms with E-state index in [1.54, 1.807) is 24.3 Å². The fraction of sp³-hybridized carbons (Fsp3) is 0.542. The van der Waals surface area contributed by atoms with Gasteiger partial charge in [0.1, 0.15) is 18.0 Å². The van der Waals surface area contributed by atoms with Crippen LogP contribution in [0.25, 0.3) is 0 Å². The van der Waals surface area contributed by atoms with Crippen LogP contribution in [-0.2, 0) is 39.9 Å². The molecule has 1 rings (SSSR count). The minimum Gasteiger partial charge on any atom is -0.466 e. The second-order valence-corrected chi connectivity index (χ2v) is 8.15. The Labute approximate surface area is 194 Å². The smallest absolute Gasteiger partial charge is 0.306 e. The first kappa shape index (κ1) is 28.0. The molecule has 0 unspecified atom stereocenters. The van der Waals surface area contributed by atoms with E-state index in [1.165, 1.54) is 6.92 Å². The number of ether oxygens (including phenoxy) is 2. The quantitative estimate of drug-likeness (QED) is 0.219. The lowest BCUT2D eigenvalue weighted by Crippen LogP contribution is -2.30. The first-order valence-electron chi connectivity index (χ1n) is 11.1. The predicted molar refractivity (Wildman–Crippen MR) is 123 cm³/mol. The molecule has 1 aromatic rings. The van der Waals surface area contributed by atoms with Crippen molar-refractivity contribution in [3.05, 3.63) is 29.8 Å². The number of benzene rings is 1. The molecule has 0 saturated carbocycles. The zero-order valence-electron chi connectivity index (χ0n) is 19.6. The Balaban J connectivity index is 2.15. The lowest BCUT2D eigenvalue weighted by atomic mass is 10.1. The summed E-state index contributed by atoms with van der Waals surface area (Å²) in [7, 11) is 0. The second-order valence-electron chi connectivity index (χ2n) is 8.15. The van der Waals surface area contributed by atoms with Crippen LogP contribution < -0.4 is 10.6 Å². The number of hydrogen-bond donors (Lipinski definition) is 2. The lowest BCUT2D eigenvalue weighted by Gasteiger charge is -2.09. The number of esters is 1. The molecule has 0 bridgehead atoms. The fourth-order valence-corrected chi connectivity index (χ4v) is 2.79. The Kier molecular flexibility index (Phi) is 13.3. The zero-order valence-corrected chi connectivity index (χ0v) is 19.6. The van der Waals surface area contributed by atoms with Crippen LogP contribution in [0.5, 0.6) is 0 Å². The van der Waals surface area contributed by atoms with Crippen LogP contribution in [0.3, 0.4) is 0 Å². The number of Topliss-reactive ketones (excluding diaryl/α,β-unsaturated/α-hetero) is 2. The number of amides is 2. The van der Waals surface area contributed by atoms with Gasteiger partial charge in [0.25, 0.3) is 0 Å². The Bertz CT molecular complexity index is 804. The van der Waals surface area contributed by atoms with Crippen molar-refractivity contribution in [2.24, 2.45) is 5.92 Å². The Morgan fingerprint density at radius 2 is 1.61 bits per heavy atom. The normalized spacial score (nSPS) is 10.5. The topological polar surface area (TPSA) is 128 Å². The Morgan fingerprint density at radius 3 is 2.24 bits per heavy atom. The molecule has 33 heavy (non-hydrogen) atoms. The molecule has 2 amide bonds. The van der Waals surface area contributed by atoms with Crippen LogP contribution in [-0.4, -0.2) is 55.7 Å². The van der Waals surface area contributed by atoms with Gasteiger partial charge in [-0.1, -0.05) is 26.0 Å².